The van der Waals surface area contributed by atoms with Crippen molar-refractivity contribution >= 4 is 5.91 Å². The van der Waals surface area contributed by atoms with Crippen molar-refractivity contribution in [2.24, 2.45) is 0 Å². The summed E-state index contributed by atoms with van der Waals surface area (Å²) in [5, 5.41) is 3.28. The molecule has 0 radical (unpaired) electrons. The van der Waals surface area contributed by atoms with E-state index in [-0.39, 0.29) is 11.9 Å². The minimum Gasteiger partial charge on any atom is -0.469 e. The Morgan fingerprint density at radius 1 is 1.69 bits per heavy atom. The molecule has 88 valence electrons. The van der Waals surface area contributed by atoms with E-state index in [1.165, 1.54) is 0 Å². The second-order valence-electron chi connectivity index (χ2n) is 4.16. The molecule has 1 aromatic heterocycles. The molecule has 2 heterocycles. The zero-order valence-corrected chi connectivity index (χ0v) is 9.82. The molecular weight excluding hydrogens is 204 g/mol. The molecule has 1 amide bonds. The van der Waals surface area contributed by atoms with Crippen molar-refractivity contribution in [2.45, 2.75) is 26.3 Å². The van der Waals surface area contributed by atoms with Crippen LogP contribution in [0.3, 0.4) is 0 Å². The van der Waals surface area contributed by atoms with Gasteiger partial charge in [0.1, 0.15) is 5.76 Å². The number of hydrogen-bond acceptors (Lipinski definition) is 3. The molecule has 1 aliphatic rings. The minimum atomic E-state index is 0.0969. The van der Waals surface area contributed by atoms with E-state index in [9.17, 15) is 4.79 Å². The second kappa shape index (κ2) is 4.70. The number of piperazine rings is 1. The molecular formula is C12H18N2O2. The summed E-state index contributed by atoms with van der Waals surface area (Å²) in [7, 11) is 0. The number of rotatable bonds is 2. The van der Waals surface area contributed by atoms with Gasteiger partial charge in [0.15, 0.2) is 0 Å². The number of carbonyl (C=O) groups excluding carboxylic acids is 1. The molecule has 0 aromatic carbocycles. The summed E-state index contributed by atoms with van der Waals surface area (Å²) in [6.07, 6.45) is 2.35. The Morgan fingerprint density at radius 3 is 3.19 bits per heavy atom. The van der Waals surface area contributed by atoms with Crippen LogP contribution in [0.25, 0.3) is 0 Å². The van der Waals surface area contributed by atoms with Crippen LogP contribution < -0.4 is 5.32 Å². The van der Waals surface area contributed by atoms with Crippen LogP contribution in [0.4, 0.5) is 0 Å². The Morgan fingerprint density at radius 2 is 2.50 bits per heavy atom. The molecule has 1 saturated heterocycles. The molecule has 0 spiro atoms. The molecule has 1 fully saturated rings. The van der Waals surface area contributed by atoms with Crippen LogP contribution in [0.2, 0.25) is 0 Å². The average molecular weight is 222 g/mol. The first kappa shape index (κ1) is 11.2. The van der Waals surface area contributed by atoms with E-state index in [1.807, 2.05) is 11.8 Å². The molecule has 0 saturated carbocycles. The first-order chi connectivity index (χ1) is 7.74. The lowest BCUT2D eigenvalue weighted by molar-refractivity contribution is 0.0653. The van der Waals surface area contributed by atoms with Gasteiger partial charge in [-0.05, 0) is 13.0 Å². The number of nitrogens with one attached hydrogen (secondary N) is 1. The Hall–Kier alpha value is -1.29. The van der Waals surface area contributed by atoms with Crippen molar-refractivity contribution in [3.63, 3.8) is 0 Å². The molecule has 1 atom stereocenters. The van der Waals surface area contributed by atoms with Crippen LogP contribution in [0.15, 0.2) is 16.7 Å². The highest BCUT2D eigenvalue weighted by Gasteiger charge is 2.26. The Balaban J connectivity index is 2.17. The van der Waals surface area contributed by atoms with E-state index in [0.717, 1.165) is 37.4 Å². The van der Waals surface area contributed by atoms with Crippen LogP contribution in [-0.2, 0) is 6.42 Å². The van der Waals surface area contributed by atoms with Gasteiger partial charge in [0.05, 0.1) is 11.8 Å². The van der Waals surface area contributed by atoms with E-state index >= 15 is 0 Å². The van der Waals surface area contributed by atoms with E-state index in [2.05, 4.69) is 12.2 Å². The molecule has 0 bridgehead atoms. The van der Waals surface area contributed by atoms with Gasteiger partial charge in [-0.15, -0.1) is 0 Å². The quantitative estimate of drug-likeness (QED) is 0.819. The summed E-state index contributed by atoms with van der Waals surface area (Å²) in [6.45, 7) is 6.57. The standard InChI is InChI=1S/C12H18N2O2/c1-3-11-10(4-7-16-11)12(15)14-6-5-13-8-9(14)2/h4,7,9,13H,3,5-6,8H2,1-2H3/t9-/m1/s1. The molecule has 4 heteroatoms. The smallest absolute Gasteiger partial charge is 0.257 e. The number of nitrogens with zero attached hydrogens (tertiary/aromatic N) is 1. The Labute approximate surface area is 95.6 Å². The van der Waals surface area contributed by atoms with Crippen molar-refractivity contribution < 1.29 is 9.21 Å². The maximum absolute atomic E-state index is 12.3. The summed E-state index contributed by atoms with van der Waals surface area (Å²) < 4.78 is 5.30. The first-order valence-corrected chi connectivity index (χ1v) is 5.82. The highest BCUT2D eigenvalue weighted by Crippen LogP contribution is 2.16. The molecule has 16 heavy (non-hydrogen) atoms. The fraction of sp³-hybridized carbons (Fsp3) is 0.583. The maximum atomic E-state index is 12.3. The largest absolute Gasteiger partial charge is 0.469 e. The highest BCUT2D eigenvalue weighted by molar-refractivity contribution is 5.95. The third-order valence-electron chi connectivity index (χ3n) is 3.06. The maximum Gasteiger partial charge on any atom is 0.257 e. The number of amides is 1. The number of aryl methyl sites for hydroxylation is 1. The lowest BCUT2D eigenvalue weighted by atomic mass is 10.1. The van der Waals surface area contributed by atoms with Crippen molar-refractivity contribution in [2.75, 3.05) is 19.6 Å². The Bertz CT molecular complexity index is 373. The fourth-order valence-corrected chi connectivity index (χ4v) is 2.10. The summed E-state index contributed by atoms with van der Waals surface area (Å²) in [5.74, 6) is 0.885. The van der Waals surface area contributed by atoms with E-state index in [4.69, 9.17) is 4.42 Å². The van der Waals surface area contributed by atoms with Crippen LogP contribution in [0, 0.1) is 0 Å². The van der Waals surface area contributed by atoms with Gasteiger partial charge in [0.2, 0.25) is 0 Å². The summed E-state index contributed by atoms with van der Waals surface area (Å²) in [5.41, 5.74) is 0.719. The summed E-state index contributed by atoms with van der Waals surface area (Å²) >= 11 is 0. The normalized spacial score (nSPS) is 21.1. The van der Waals surface area contributed by atoms with E-state index < -0.39 is 0 Å². The van der Waals surface area contributed by atoms with Gasteiger partial charge in [0, 0.05) is 32.1 Å². The predicted octanol–water partition coefficient (Wildman–Crippen LogP) is 1.28. The molecule has 4 nitrogen and oxygen atoms in total. The van der Waals surface area contributed by atoms with E-state index in [0.29, 0.717) is 0 Å². The summed E-state index contributed by atoms with van der Waals surface area (Å²) in [6, 6.07) is 2.02. The van der Waals surface area contributed by atoms with Crippen molar-refractivity contribution in [1.82, 2.24) is 10.2 Å². The van der Waals surface area contributed by atoms with E-state index in [1.54, 1.807) is 12.3 Å². The molecule has 1 aliphatic heterocycles. The third-order valence-corrected chi connectivity index (χ3v) is 3.06. The molecule has 1 N–H and O–H groups in total. The number of furan rings is 1. The molecule has 1 aromatic rings. The van der Waals surface area contributed by atoms with Gasteiger partial charge < -0.3 is 14.6 Å². The van der Waals surface area contributed by atoms with Crippen LogP contribution in [0.5, 0.6) is 0 Å². The molecule has 0 unspecified atom stereocenters. The monoisotopic (exact) mass is 222 g/mol. The first-order valence-electron chi connectivity index (χ1n) is 5.82. The van der Waals surface area contributed by atoms with Gasteiger partial charge in [-0.1, -0.05) is 6.92 Å². The van der Waals surface area contributed by atoms with Gasteiger partial charge in [-0.3, -0.25) is 4.79 Å². The zero-order chi connectivity index (χ0) is 11.5. The Kier molecular flexibility index (Phi) is 3.29. The van der Waals surface area contributed by atoms with Gasteiger partial charge >= 0.3 is 0 Å². The van der Waals surface area contributed by atoms with Gasteiger partial charge in [0.25, 0.3) is 5.91 Å². The average Bonchev–Trinajstić information content (AvgIpc) is 2.77. The van der Waals surface area contributed by atoms with Crippen LogP contribution in [0.1, 0.15) is 30.0 Å². The van der Waals surface area contributed by atoms with Crippen molar-refractivity contribution in [3.8, 4) is 0 Å². The molecule has 0 aliphatic carbocycles. The van der Waals surface area contributed by atoms with Gasteiger partial charge in [-0.2, -0.15) is 0 Å². The number of hydrogen-bond donors (Lipinski definition) is 1. The fourth-order valence-electron chi connectivity index (χ4n) is 2.10. The predicted molar refractivity (Wildman–Crippen MR) is 61.5 cm³/mol. The van der Waals surface area contributed by atoms with Crippen molar-refractivity contribution in [1.29, 1.82) is 0 Å². The second-order valence-corrected chi connectivity index (χ2v) is 4.16. The lowest BCUT2D eigenvalue weighted by Gasteiger charge is -2.33. The SMILES string of the molecule is CCc1occc1C(=O)N1CCNC[C@H]1C. The zero-order valence-electron chi connectivity index (χ0n) is 9.82. The van der Waals surface area contributed by atoms with Crippen molar-refractivity contribution in [3.05, 3.63) is 23.7 Å². The van der Waals surface area contributed by atoms with Crippen LogP contribution >= 0.6 is 0 Å². The number of carbonyl (C=O) groups is 1. The van der Waals surface area contributed by atoms with Gasteiger partial charge in [-0.25, -0.2) is 0 Å². The summed E-state index contributed by atoms with van der Waals surface area (Å²) in [4.78, 5) is 14.2. The van der Waals surface area contributed by atoms with Crippen LogP contribution in [-0.4, -0.2) is 36.5 Å². The molecule has 2 rings (SSSR count). The third kappa shape index (κ3) is 1.97. The topological polar surface area (TPSA) is 45.5 Å². The highest BCUT2D eigenvalue weighted by atomic mass is 16.3. The lowest BCUT2D eigenvalue weighted by Crippen LogP contribution is -2.52. The minimum absolute atomic E-state index is 0.0969.